The maximum atomic E-state index is 14.7. The third-order valence-corrected chi connectivity index (χ3v) is 4.61. The number of likely N-dealkylation sites (N-methyl/N-ethyl adjacent to an activating group) is 1. The van der Waals surface area contributed by atoms with Crippen LogP contribution in [0.15, 0.2) is 42.9 Å². The quantitative estimate of drug-likeness (QED) is 0.467. The van der Waals surface area contributed by atoms with E-state index in [0.717, 1.165) is 17.1 Å². The molecule has 0 fully saturated rings. The molecule has 0 aliphatic rings. The van der Waals surface area contributed by atoms with E-state index in [9.17, 15) is 22.4 Å². The van der Waals surface area contributed by atoms with Gasteiger partial charge in [-0.05, 0) is 44.5 Å². The Hall–Kier alpha value is -3.70. The molecule has 0 unspecified atom stereocenters. The monoisotopic (exact) mass is 467 g/mol. The number of alkyl halides is 3. The van der Waals surface area contributed by atoms with Crippen molar-refractivity contribution in [3.05, 3.63) is 59.8 Å². The maximum Gasteiger partial charge on any atom is 0.573 e. The molecule has 2 heterocycles. The van der Waals surface area contributed by atoms with Crippen molar-refractivity contribution in [3.63, 3.8) is 0 Å². The van der Waals surface area contributed by atoms with Crippen molar-refractivity contribution in [2.75, 3.05) is 13.2 Å². The fourth-order valence-electron chi connectivity index (χ4n) is 3.18. The molecule has 0 radical (unpaired) electrons. The summed E-state index contributed by atoms with van der Waals surface area (Å²) in [6.45, 7) is 5.43. The predicted octanol–water partition coefficient (Wildman–Crippen LogP) is 3.94. The summed E-state index contributed by atoms with van der Waals surface area (Å²) in [6.07, 6.45) is -1.19. The van der Waals surface area contributed by atoms with Crippen LogP contribution in [-0.4, -0.2) is 56.3 Å². The predicted molar refractivity (Wildman–Crippen MR) is 109 cm³/mol. The molecular weight excluding hydrogens is 446 g/mol. The molecule has 8 nitrogen and oxygen atoms in total. The highest BCUT2D eigenvalue weighted by Crippen LogP contribution is 2.24. The van der Waals surface area contributed by atoms with Crippen LogP contribution in [0.4, 0.5) is 17.6 Å². The Labute approximate surface area is 186 Å². The van der Waals surface area contributed by atoms with Gasteiger partial charge >= 0.3 is 6.36 Å². The summed E-state index contributed by atoms with van der Waals surface area (Å²) in [5, 5.41) is 7.87. The van der Waals surface area contributed by atoms with Crippen LogP contribution >= 0.6 is 0 Å². The molecular formula is C21H21F4N5O3. The molecule has 0 aliphatic heterocycles. The molecule has 0 aliphatic carbocycles. The van der Waals surface area contributed by atoms with Crippen molar-refractivity contribution in [2.24, 2.45) is 0 Å². The first-order valence-electron chi connectivity index (χ1n) is 9.91. The zero-order valence-corrected chi connectivity index (χ0v) is 18.0. The second-order valence-corrected chi connectivity index (χ2v) is 7.09. The molecule has 0 spiro atoms. The van der Waals surface area contributed by atoms with E-state index in [1.165, 1.54) is 29.4 Å². The summed E-state index contributed by atoms with van der Waals surface area (Å²) >= 11 is 0. The minimum absolute atomic E-state index is 0.00426. The van der Waals surface area contributed by atoms with Gasteiger partial charge in [-0.25, -0.2) is 9.37 Å². The van der Waals surface area contributed by atoms with Crippen LogP contribution in [0, 0.1) is 12.7 Å². The molecule has 33 heavy (non-hydrogen) atoms. The maximum absolute atomic E-state index is 14.7. The normalized spacial score (nSPS) is 12.3. The largest absolute Gasteiger partial charge is 0.573 e. The van der Waals surface area contributed by atoms with Crippen molar-refractivity contribution < 1.29 is 31.8 Å². The van der Waals surface area contributed by atoms with E-state index >= 15 is 0 Å². The molecule has 176 valence electrons. The lowest BCUT2D eigenvalue weighted by Gasteiger charge is -2.28. The highest BCUT2D eigenvalue weighted by molar-refractivity contribution is 5.98. The van der Waals surface area contributed by atoms with Gasteiger partial charge in [0, 0.05) is 12.6 Å². The summed E-state index contributed by atoms with van der Waals surface area (Å²) in [4.78, 5) is 19.6. The number of halogens is 4. The van der Waals surface area contributed by atoms with Crippen LogP contribution in [0.1, 0.15) is 29.8 Å². The van der Waals surface area contributed by atoms with Gasteiger partial charge in [0.1, 0.15) is 18.0 Å². The standard InChI is InChI=1S/C21H21F4N5O3/c1-4-29(14(3)12-32-18-6-5-15(11-26-18)33-21(23,24)25)20(31)16-9-13(2)10-17(22)19(16)30-27-7-8-28-30/h5-11,14H,4,12H2,1-3H3/t14-/m0/s1. The molecule has 1 aromatic carbocycles. The lowest BCUT2D eigenvalue weighted by Crippen LogP contribution is -2.42. The minimum Gasteiger partial charge on any atom is -0.475 e. The van der Waals surface area contributed by atoms with Gasteiger partial charge in [-0.2, -0.15) is 10.2 Å². The van der Waals surface area contributed by atoms with Crippen molar-refractivity contribution in [1.29, 1.82) is 0 Å². The van der Waals surface area contributed by atoms with E-state index < -0.39 is 29.9 Å². The van der Waals surface area contributed by atoms with Gasteiger partial charge in [-0.3, -0.25) is 4.79 Å². The van der Waals surface area contributed by atoms with Crippen molar-refractivity contribution in [3.8, 4) is 17.3 Å². The first-order chi connectivity index (χ1) is 15.6. The van der Waals surface area contributed by atoms with Crippen LogP contribution in [0.2, 0.25) is 0 Å². The van der Waals surface area contributed by atoms with Crippen LogP contribution < -0.4 is 9.47 Å². The lowest BCUT2D eigenvalue weighted by atomic mass is 10.1. The number of benzene rings is 1. The number of carbonyl (C=O) groups excluding carboxylic acids is 1. The number of rotatable bonds is 8. The van der Waals surface area contributed by atoms with Crippen LogP contribution in [0.3, 0.4) is 0 Å². The van der Waals surface area contributed by atoms with E-state index in [-0.39, 0.29) is 30.3 Å². The van der Waals surface area contributed by atoms with Gasteiger partial charge in [-0.1, -0.05) is 0 Å². The molecule has 1 atom stereocenters. The van der Waals surface area contributed by atoms with E-state index in [1.54, 1.807) is 26.8 Å². The van der Waals surface area contributed by atoms with E-state index in [4.69, 9.17) is 4.74 Å². The van der Waals surface area contributed by atoms with Gasteiger partial charge in [0.2, 0.25) is 5.88 Å². The van der Waals surface area contributed by atoms with Crippen molar-refractivity contribution in [1.82, 2.24) is 24.9 Å². The molecule has 1 amide bonds. The molecule has 3 aromatic rings. The number of hydrogen-bond donors (Lipinski definition) is 0. The number of carbonyl (C=O) groups is 1. The third kappa shape index (κ3) is 5.96. The summed E-state index contributed by atoms with van der Waals surface area (Å²) in [7, 11) is 0. The number of ether oxygens (including phenoxy) is 2. The van der Waals surface area contributed by atoms with Gasteiger partial charge in [-0.15, -0.1) is 18.0 Å². The Balaban J connectivity index is 1.75. The highest BCUT2D eigenvalue weighted by Gasteiger charge is 2.31. The highest BCUT2D eigenvalue weighted by atomic mass is 19.4. The number of pyridine rings is 1. The summed E-state index contributed by atoms with van der Waals surface area (Å²) < 4.78 is 60.8. The Kier molecular flexibility index (Phi) is 7.14. The number of hydrogen-bond acceptors (Lipinski definition) is 6. The fraction of sp³-hybridized carbons (Fsp3) is 0.333. The van der Waals surface area contributed by atoms with Crippen LogP contribution in [-0.2, 0) is 0 Å². The first kappa shape index (κ1) is 24.0. The van der Waals surface area contributed by atoms with Gasteiger partial charge in [0.15, 0.2) is 5.82 Å². The Morgan fingerprint density at radius 2 is 1.91 bits per heavy atom. The molecule has 0 saturated carbocycles. The molecule has 0 bridgehead atoms. The number of aryl methyl sites for hydroxylation is 1. The third-order valence-electron chi connectivity index (χ3n) is 4.61. The average Bonchev–Trinajstić information content (AvgIpc) is 3.26. The van der Waals surface area contributed by atoms with Gasteiger partial charge in [0.05, 0.1) is 30.2 Å². The van der Waals surface area contributed by atoms with Gasteiger partial charge in [0.25, 0.3) is 5.91 Å². The second-order valence-electron chi connectivity index (χ2n) is 7.09. The van der Waals surface area contributed by atoms with Crippen molar-refractivity contribution in [2.45, 2.75) is 33.2 Å². The zero-order chi connectivity index (χ0) is 24.2. The molecule has 0 saturated heterocycles. The minimum atomic E-state index is -4.82. The van der Waals surface area contributed by atoms with E-state index in [2.05, 4.69) is 19.9 Å². The zero-order valence-electron chi connectivity index (χ0n) is 18.0. The van der Waals surface area contributed by atoms with Crippen LogP contribution in [0.25, 0.3) is 5.69 Å². The Morgan fingerprint density at radius 1 is 1.21 bits per heavy atom. The summed E-state index contributed by atoms with van der Waals surface area (Å²) in [6, 6.07) is 4.67. The number of aromatic nitrogens is 4. The van der Waals surface area contributed by atoms with E-state index in [1.807, 2.05) is 0 Å². The van der Waals surface area contributed by atoms with E-state index in [0.29, 0.717) is 5.56 Å². The number of nitrogens with zero attached hydrogens (tertiary/aromatic N) is 5. The SMILES string of the molecule is CCN(C(=O)c1cc(C)cc(F)c1-n1nccn1)[C@@H](C)COc1ccc(OC(F)(F)F)cn1. The lowest BCUT2D eigenvalue weighted by molar-refractivity contribution is -0.274. The Morgan fingerprint density at radius 3 is 2.48 bits per heavy atom. The second kappa shape index (κ2) is 9.84. The molecule has 2 aromatic heterocycles. The summed E-state index contributed by atoms with van der Waals surface area (Å²) in [5.41, 5.74) is 0.574. The average molecular weight is 467 g/mol. The van der Waals surface area contributed by atoms with Crippen LogP contribution in [0.5, 0.6) is 11.6 Å². The van der Waals surface area contributed by atoms with Gasteiger partial charge < -0.3 is 14.4 Å². The number of amides is 1. The summed E-state index contributed by atoms with van der Waals surface area (Å²) in [5.74, 6) is -1.51. The Bertz CT molecular complexity index is 1090. The molecule has 12 heteroatoms. The first-order valence-corrected chi connectivity index (χ1v) is 9.91. The molecule has 3 rings (SSSR count). The fourth-order valence-corrected chi connectivity index (χ4v) is 3.18. The smallest absolute Gasteiger partial charge is 0.475 e. The molecule has 0 N–H and O–H groups in total. The topological polar surface area (TPSA) is 82.4 Å². The van der Waals surface area contributed by atoms with Crippen molar-refractivity contribution >= 4 is 5.91 Å².